The summed E-state index contributed by atoms with van der Waals surface area (Å²) in [5, 5.41) is 0. The second kappa shape index (κ2) is 10.4. The van der Waals surface area contributed by atoms with Crippen LogP contribution >= 0.6 is 0 Å². The van der Waals surface area contributed by atoms with Crippen molar-refractivity contribution in [3.05, 3.63) is 0 Å². The predicted molar refractivity (Wildman–Crippen MR) is 72.7 cm³/mol. The summed E-state index contributed by atoms with van der Waals surface area (Å²) in [6.07, 6.45) is 15.9. The predicted octanol–water partition coefficient (Wildman–Crippen LogP) is 4.50. The molecule has 0 spiro atoms. The lowest BCUT2D eigenvalue weighted by molar-refractivity contribution is -0.111. The number of hydrogen-bond donors (Lipinski definition) is 0. The summed E-state index contributed by atoms with van der Waals surface area (Å²) in [6, 6.07) is 0. The first-order valence-corrected chi connectivity index (χ1v) is 7.34. The molecule has 1 nitrogen and oxygen atoms in total. The Kier molecular flexibility index (Phi) is 8.73. The minimum Gasteiger partial charge on any atom is -0.303 e. The van der Waals surface area contributed by atoms with Crippen molar-refractivity contribution < 1.29 is 4.79 Å². The summed E-state index contributed by atoms with van der Waals surface area (Å²) in [5.41, 5.74) is 0. The van der Waals surface area contributed by atoms with Gasteiger partial charge in [-0.1, -0.05) is 51.4 Å². The Morgan fingerprint density at radius 2 is 1.35 bits per heavy atom. The molecule has 1 atom stereocenters. The number of carbonyl (C=O) groups excluding carboxylic acids is 1. The number of rotatable bonds is 1. The summed E-state index contributed by atoms with van der Waals surface area (Å²) in [4.78, 5) is 10.9. The number of carbonyl (C=O) groups is 1. The Morgan fingerprint density at radius 1 is 0.765 bits per heavy atom. The average molecular weight is 234 g/mol. The maximum atomic E-state index is 10.9. The van der Waals surface area contributed by atoms with Crippen molar-refractivity contribution in [1.29, 1.82) is 0 Å². The summed E-state index contributed by atoms with van der Waals surface area (Å²) in [5.74, 6) is 6.57. The Hall–Kier alpha value is -0.770. The first-order chi connectivity index (χ1) is 8.43. The van der Waals surface area contributed by atoms with Crippen molar-refractivity contribution >= 4 is 6.29 Å². The maximum absolute atomic E-state index is 10.9. The van der Waals surface area contributed by atoms with Gasteiger partial charge in [0.15, 0.2) is 0 Å². The van der Waals surface area contributed by atoms with Crippen molar-refractivity contribution in [2.24, 2.45) is 5.92 Å². The van der Waals surface area contributed by atoms with E-state index >= 15 is 0 Å². The van der Waals surface area contributed by atoms with Gasteiger partial charge in [-0.15, -0.1) is 11.8 Å². The molecule has 1 aliphatic carbocycles. The second-order valence-electron chi connectivity index (χ2n) is 5.17. The van der Waals surface area contributed by atoms with E-state index in [2.05, 4.69) is 11.8 Å². The lowest BCUT2D eigenvalue weighted by Gasteiger charge is -2.05. The summed E-state index contributed by atoms with van der Waals surface area (Å²) in [6.45, 7) is 0. The molecule has 0 aliphatic heterocycles. The quantitative estimate of drug-likeness (QED) is 0.482. The highest BCUT2D eigenvalue weighted by Crippen LogP contribution is 2.15. The summed E-state index contributed by atoms with van der Waals surface area (Å²) in [7, 11) is 0. The lowest BCUT2D eigenvalue weighted by Crippen LogP contribution is -2.00. The van der Waals surface area contributed by atoms with E-state index in [1.807, 2.05) is 0 Å². The fourth-order valence-corrected chi connectivity index (χ4v) is 2.37. The molecule has 17 heavy (non-hydrogen) atoms. The second-order valence-corrected chi connectivity index (χ2v) is 5.17. The minimum atomic E-state index is 0.188. The van der Waals surface area contributed by atoms with Crippen molar-refractivity contribution in [2.45, 2.75) is 77.0 Å². The molecule has 0 aromatic rings. The molecule has 0 aromatic heterocycles. The molecule has 96 valence electrons. The van der Waals surface area contributed by atoms with Crippen LogP contribution in [0.2, 0.25) is 0 Å². The van der Waals surface area contributed by atoms with Gasteiger partial charge in [0, 0.05) is 18.8 Å². The van der Waals surface area contributed by atoms with Gasteiger partial charge in [0.25, 0.3) is 0 Å². The third-order valence-corrected chi connectivity index (χ3v) is 3.56. The molecule has 1 rings (SSSR count). The zero-order valence-corrected chi connectivity index (χ0v) is 11.0. The molecule has 0 amide bonds. The Bertz CT molecular complexity index is 246. The van der Waals surface area contributed by atoms with E-state index in [9.17, 15) is 4.79 Å². The van der Waals surface area contributed by atoms with Gasteiger partial charge in [0.05, 0.1) is 0 Å². The van der Waals surface area contributed by atoms with Gasteiger partial charge >= 0.3 is 0 Å². The SMILES string of the molecule is O=CC1CC#CCCCCCCCCCCC1. The maximum Gasteiger partial charge on any atom is 0.124 e. The molecule has 1 aliphatic rings. The Labute approximate surface area is 106 Å². The van der Waals surface area contributed by atoms with Crippen LogP contribution in [0.3, 0.4) is 0 Å². The zero-order valence-electron chi connectivity index (χ0n) is 11.0. The van der Waals surface area contributed by atoms with Crippen LogP contribution in [0.5, 0.6) is 0 Å². The highest BCUT2D eigenvalue weighted by Gasteiger charge is 2.05. The zero-order chi connectivity index (χ0) is 12.2. The van der Waals surface area contributed by atoms with Crippen LogP contribution in [0.1, 0.15) is 77.0 Å². The molecule has 0 radical (unpaired) electrons. The van der Waals surface area contributed by atoms with Gasteiger partial charge < -0.3 is 4.79 Å². The lowest BCUT2D eigenvalue weighted by atomic mass is 9.98. The topological polar surface area (TPSA) is 17.1 Å². The molecular weight excluding hydrogens is 208 g/mol. The van der Waals surface area contributed by atoms with Gasteiger partial charge in [0.1, 0.15) is 6.29 Å². The molecule has 0 heterocycles. The molecular formula is C16H26O. The molecule has 0 saturated heterocycles. The van der Waals surface area contributed by atoms with E-state index < -0.39 is 0 Å². The standard InChI is InChI=1S/C16H26O/c17-15-16-13-11-9-7-5-3-1-2-4-6-8-10-12-14-16/h15-16H,1-9,11,13-14H2. The van der Waals surface area contributed by atoms with Crippen LogP contribution in [-0.4, -0.2) is 6.29 Å². The Morgan fingerprint density at radius 3 is 2.00 bits per heavy atom. The van der Waals surface area contributed by atoms with Crippen LogP contribution in [-0.2, 0) is 4.79 Å². The van der Waals surface area contributed by atoms with Crippen LogP contribution in [0.4, 0.5) is 0 Å². The first-order valence-electron chi connectivity index (χ1n) is 7.34. The monoisotopic (exact) mass is 234 g/mol. The molecule has 0 N–H and O–H groups in total. The van der Waals surface area contributed by atoms with Gasteiger partial charge in [-0.25, -0.2) is 0 Å². The highest BCUT2D eigenvalue weighted by atomic mass is 16.1. The molecule has 1 heteroatoms. The highest BCUT2D eigenvalue weighted by molar-refractivity contribution is 5.54. The van der Waals surface area contributed by atoms with Gasteiger partial charge in [-0.3, -0.25) is 0 Å². The van der Waals surface area contributed by atoms with E-state index in [1.165, 1.54) is 57.8 Å². The molecule has 0 aromatic carbocycles. The summed E-state index contributed by atoms with van der Waals surface area (Å²) >= 11 is 0. The summed E-state index contributed by atoms with van der Waals surface area (Å²) < 4.78 is 0. The third-order valence-electron chi connectivity index (χ3n) is 3.56. The molecule has 0 bridgehead atoms. The van der Waals surface area contributed by atoms with Crippen molar-refractivity contribution in [1.82, 2.24) is 0 Å². The normalized spacial score (nSPS) is 24.8. The van der Waals surface area contributed by atoms with Crippen molar-refractivity contribution in [2.75, 3.05) is 0 Å². The molecule has 1 unspecified atom stereocenters. The van der Waals surface area contributed by atoms with E-state index in [0.717, 1.165) is 25.5 Å². The average Bonchev–Trinajstić information content (AvgIpc) is 2.36. The van der Waals surface area contributed by atoms with Crippen molar-refractivity contribution in [3.63, 3.8) is 0 Å². The van der Waals surface area contributed by atoms with E-state index in [0.29, 0.717) is 0 Å². The molecule has 0 saturated carbocycles. The number of hydrogen-bond acceptors (Lipinski definition) is 1. The van der Waals surface area contributed by atoms with Crippen LogP contribution < -0.4 is 0 Å². The minimum absolute atomic E-state index is 0.188. The van der Waals surface area contributed by atoms with Crippen LogP contribution in [0, 0.1) is 17.8 Å². The third kappa shape index (κ3) is 8.02. The first kappa shape index (κ1) is 14.3. The smallest absolute Gasteiger partial charge is 0.124 e. The van der Waals surface area contributed by atoms with E-state index in [4.69, 9.17) is 0 Å². The van der Waals surface area contributed by atoms with Crippen LogP contribution in [0.25, 0.3) is 0 Å². The largest absolute Gasteiger partial charge is 0.303 e. The van der Waals surface area contributed by atoms with E-state index in [1.54, 1.807) is 0 Å². The number of aldehydes is 1. The van der Waals surface area contributed by atoms with E-state index in [-0.39, 0.29) is 5.92 Å². The van der Waals surface area contributed by atoms with Gasteiger partial charge in [-0.2, -0.15) is 0 Å². The molecule has 0 fully saturated rings. The fraction of sp³-hybridized carbons (Fsp3) is 0.812. The van der Waals surface area contributed by atoms with Gasteiger partial charge in [-0.05, 0) is 12.8 Å². The Balaban J connectivity index is 2.29. The van der Waals surface area contributed by atoms with Crippen molar-refractivity contribution in [3.8, 4) is 11.8 Å². The van der Waals surface area contributed by atoms with Crippen LogP contribution in [0.15, 0.2) is 0 Å². The fourth-order valence-electron chi connectivity index (χ4n) is 2.37. The van der Waals surface area contributed by atoms with Gasteiger partial charge in [0.2, 0.25) is 0 Å².